The Morgan fingerprint density at radius 3 is 2.82 bits per heavy atom. The van der Waals surface area contributed by atoms with E-state index in [1.54, 1.807) is 23.9 Å². The first-order valence-electron chi connectivity index (χ1n) is 3.19. The molecule has 0 aromatic heterocycles. The fraction of sp³-hybridized carbons (Fsp3) is 0.250. The summed E-state index contributed by atoms with van der Waals surface area (Å²) in [6, 6.07) is 4.84. The standard InChI is InChI=1S/C8H9ClFS/c1-11-5-6-7(9)3-2-4-8(6)10/h2-4,9H,5H2,1H3/q+1. The molecule has 0 saturated carbocycles. The van der Waals surface area contributed by atoms with E-state index in [1.807, 2.05) is 6.26 Å². The molecule has 0 saturated heterocycles. The smallest absolute Gasteiger partial charge is 0.206 e. The fourth-order valence-electron chi connectivity index (χ4n) is 0.823. The lowest BCUT2D eigenvalue weighted by molar-refractivity contribution is -0.290. The largest absolute Gasteiger partial charge is 0.232 e. The van der Waals surface area contributed by atoms with Crippen LogP contribution in [0, 0.1) is 17.4 Å². The second kappa shape index (κ2) is 3.98. The molecular formula is C8H9ClFS+. The molecule has 0 spiro atoms. The minimum absolute atomic E-state index is 0.188. The van der Waals surface area contributed by atoms with Crippen molar-refractivity contribution in [1.82, 2.24) is 0 Å². The van der Waals surface area contributed by atoms with Gasteiger partial charge in [0.05, 0.1) is 5.56 Å². The van der Waals surface area contributed by atoms with Crippen molar-refractivity contribution in [1.29, 1.82) is 0 Å². The molecular weight excluding hydrogens is 183 g/mol. The molecule has 0 aliphatic rings. The van der Waals surface area contributed by atoms with Gasteiger partial charge in [-0.2, -0.15) is 11.8 Å². The van der Waals surface area contributed by atoms with Crippen LogP contribution < -0.4 is 0 Å². The van der Waals surface area contributed by atoms with Crippen LogP contribution in [0.5, 0.6) is 0 Å². The van der Waals surface area contributed by atoms with Crippen LogP contribution in [0.25, 0.3) is 0 Å². The van der Waals surface area contributed by atoms with Crippen LogP contribution >= 0.6 is 11.8 Å². The van der Waals surface area contributed by atoms with Crippen LogP contribution in [0.3, 0.4) is 0 Å². The first-order chi connectivity index (χ1) is 5.25. The van der Waals surface area contributed by atoms with Crippen molar-refractivity contribution in [3.05, 3.63) is 34.6 Å². The van der Waals surface area contributed by atoms with E-state index in [-0.39, 0.29) is 5.82 Å². The van der Waals surface area contributed by atoms with Gasteiger partial charge in [-0.05, 0) is 12.3 Å². The summed E-state index contributed by atoms with van der Waals surface area (Å²) in [7, 11) is 0. The highest BCUT2D eigenvalue weighted by Gasteiger charge is 2.10. The first kappa shape index (κ1) is 8.88. The fourth-order valence-corrected chi connectivity index (χ4v) is 1.74. The Kier molecular flexibility index (Phi) is 3.21. The van der Waals surface area contributed by atoms with Crippen LogP contribution in [0.2, 0.25) is 5.02 Å². The summed E-state index contributed by atoms with van der Waals surface area (Å²) in [5.74, 6) is 0.470. The Bertz CT molecular complexity index is 230. The van der Waals surface area contributed by atoms with Crippen molar-refractivity contribution in [3.8, 4) is 0 Å². The van der Waals surface area contributed by atoms with Crippen molar-refractivity contribution in [2.45, 2.75) is 5.75 Å². The summed E-state index contributed by atoms with van der Waals surface area (Å²) in [4.78, 5) is 0. The number of hydrogen-bond donors (Lipinski definition) is 0. The molecule has 0 atom stereocenters. The lowest BCUT2D eigenvalue weighted by Crippen LogP contribution is -1.89. The van der Waals surface area contributed by atoms with Crippen LogP contribution in [0.1, 0.15) is 5.56 Å². The maximum absolute atomic E-state index is 13.0. The molecule has 0 amide bonds. The lowest BCUT2D eigenvalue weighted by atomic mass is 10.2. The third-order valence-corrected chi connectivity index (χ3v) is 2.32. The predicted octanol–water partition coefficient (Wildman–Crippen LogP) is 2.38. The summed E-state index contributed by atoms with van der Waals surface area (Å²) in [6.45, 7) is 0. The zero-order valence-electron chi connectivity index (χ0n) is 6.13. The molecule has 0 nitrogen and oxygen atoms in total. The van der Waals surface area contributed by atoms with Gasteiger partial charge in [-0.25, -0.2) is 4.39 Å². The second-order valence-corrected chi connectivity index (χ2v) is 3.46. The number of halogens is 2. The Morgan fingerprint density at radius 1 is 1.55 bits per heavy atom. The predicted molar refractivity (Wildman–Crippen MR) is 44.2 cm³/mol. The minimum atomic E-state index is -0.188. The van der Waals surface area contributed by atoms with Gasteiger partial charge in [0.2, 0.25) is 5.02 Å². The van der Waals surface area contributed by atoms with Crippen LogP contribution in [0.4, 0.5) is 4.39 Å². The summed E-state index contributed by atoms with van der Waals surface area (Å²) >= 11 is 6.53. The molecule has 60 valence electrons. The van der Waals surface area contributed by atoms with Crippen molar-refractivity contribution >= 4 is 11.8 Å². The van der Waals surface area contributed by atoms with Gasteiger partial charge in [-0.15, -0.1) is 0 Å². The summed E-state index contributed by atoms with van der Waals surface area (Å²) in [6.07, 6.45) is 1.93. The van der Waals surface area contributed by atoms with Gasteiger partial charge in [-0.1, -0.05) is 6.07 Å². The number of rotatable bonds is 2. The minimum Gasteiger partial charge on any atom is -0.206 e. The molecule has 0 fully saturated rings. The van der Waals surface area contributed by atoms with E-state index in [4.69, 9.17) is 11.6 Å². The summed E-state index contributed by atoms with van der Waals surface area (Å²) in [5.41, 5.74) is 0.648. The van der Waals surface area contributed by atoms with E-state index in [2.05, 4.69) is 0 Å². The van der Waals surface area contributed by atoms with E-state index in [0.29, 0.717) is 16.3 Å². The van der Waals surface area contributed by atoms with E-state index in [1.165, 1.54) is 6.07 Å². The molecule has 0 aliphatic carbocycles. The number of hydrogen-bond acceptors (Lipinski definition) is 1. The van der Waals surface area contributed by atoms with Crippen LogP contribution in [0.15, 0.2) is 18.2 Å². The van der Waals surface area contributed by atoms with Gasteiger partial charge in [0.1, 0.15) is 5.82 Å². The molecule has 3 heteroatoms. The van der Waals surface area contributed by atoms with Gasteiger partial charge >= 0.3 is 0 Å². The Hall–Kier alpha value is -0.210. The van der Waals surface area contributed by atoms with Gasteiger partial charge in [0.25, 0.3) is 0 Å². The normalized spacial score (nSPS) is 10.1. The lowest BCUT2D eigenvalue weighted by Gasteiger charge is -1.97. The zero-order valence-corrected chi connectivity index (χ0v) is 7.77. The van der Waals surface area contributed by atoms with E-state index >= 15 is 0 Å². The number of thioether (sulfide) groups is 1. The Morgan fingerprint density at radius 2 is 2.27 bits per heavy atom. The summed E-state index contributed by atoms with van der Waals surface area (Å²) < 4.78 is 13.0. The third kappa shape index (κ3) is 2.11. The molecule has 0 N–H and O–H groups in total. The topological polar surface area (TPSA) is 0 Å². The summed E-state index contributed by atoms with van der Waals surface area (Å²) in [5, 5.41) is 0.624. The van der Waals surface area contributed by atoms with Crippen LogP contribution in [-0.2, 0) is 5.75 Å². The molecule has 0 heterocycles. The Balaban J connectivity index is 3.00. The van der Waals surface area contributed by atoms with Gasteiger partial charge in [-0.3, -0.25) is 0 Å². The SMILES string of the molecule is CSCc1c(F)cccc1[ClH+]. The molecule has 1 aromatic rings. The monoisotopic (exact) mass is 191 g/mol. The highest BCUT2D eigenvalue weighted by Crippen LogP contribution is 2.18. The second-order valence-electron chi connectivity index (χ2n) is 2.15. The molecule has 1 rings (SSSR count). The van der Waals surface area contributed by atoms with E-state index in [0.717, 1.165) is 0 Å². The van der Waals surface area contributed by atoms with Crippen molar-refractivity contribution < 1.29 is 16.0 Å². The van der Waals surface area contributed by atoms with E-state index in [9.17, 15) is 4.39 Å². The average Bonchev–Trinajstić information content (AvgIpc) is 1.97. The van der Waals surface area contributed by atoms with Crippen LogP contribution in [-0.4, -0.2) is 6.26 Å². The average molecular weight is 192 g/mol. The van der Waals surface area contributed by atoms with Crippen molar-refractivity contribution in [2.24, 2.45) is 0 Å². The molecule has 0 unspecified atom stereocenters. The maximum Gasteiger partial charge on any atom is 0.232 e. The van der Waals surface area contributed by atoms with Gasteiger partial charge in [0.15, 0.2) is 11.6 Å². The molecule has 0 aliphatic heterocycles. The van der Waals surface area contributed by atoms with Crippen molar-refractivity contribution in [2.75, 3.05) is 6.26 Å². The van der Waals surface area contributed by atoms with E-state index < -0.39 is 0 Å². The maximum atomic E-state index is 13.0. The highest BCUT2D eigenvalue weighted by atomic mass is 35.5. The van der Waals surface area contributed by atoms with Gasteiger partial charge in [0, 0.05) is 11.8 Å². The van der Waals surface area contributed by atoms with Crippen molar-refractivity contribution in [3.63, 3.8) is 0 Å². The molecule has 0 radical (unpaired) electrons. The Labute approximate surface area is 74.8 Å². The molecule has 0 bridgehead atoms. The highest BCUT2D eigenvalue weighted by molar-refractivity contribution is 7.97. The molecule has 1 aromatic carbocycles. The first-order valence-corrected chi connectivity index (χ1v) is 4.99. The quantitative estimate of drug-likeness (QED) is 0.692. The zero-order chi connectivity index (χ0) is 8.27. The molecule has 11 heavy (non-hydrogen) atoms. The third-order valence-electron chi connectivity index (χ3n) is 1.36. The van der Waals surface area contributed by atoms with Gasteiger partial charge < -0.3 is 0 Å². The number of benzene rings is 1.